The number of nitrogens with zero attached hydrogens (tertiary/aromatic N) is 1. The average molecular weight is 274 g/mol. The van der Waals surface area contributed by atoms with Gasteiger partial charge in [-0.2, -0.15) is 0 Å². The molecule has 7 nitrogen and oxygen atoms in total. The molecule has 1 amide bonds. The van der Waals surface area contributed by atoms with Gasteiger partial charge in [-0.15, -0.1) is 0 Å². The fourth-order valence-electron chi connectivity index (χ4n) is 1.58. The van der Waals surface area contributed by atoms with Crippen LogP contribution in [0.15, 0.2) is 42.5 Å². The van der Waals surface area contributed by atoms with Crippen LogP contribution >= 0.6 is 0 Å². The van der Waals surface area contributed by atoms with E-state index in [0.29, 0.717) is 0 Å². The summed E-state index contributed by atoms with van der Waals surface area (Å²) >= 11 is 0. The molecule has 0 aliphatic rings. The highest BCUT2D eigenvalue weighted by Gasteiger charge is 2.13. The number of carbonyl (C=O) groups excluding carboxylic acids is 1. The van der Waals surface area contributed by atoms with Crippen LogP contribution in [0.4, 0.5) is 11.4 Å². The van der Waals surface area contributed by atoms with E-state index in [-0.39, 0.29) is 22.7 Å². The molecule has 102 valence electrons. The minimum atomic E-state index is -0.652. The summed E-state index contributed by atoms with van der Waals surface area (Å²) in [5.41, 5.74) is -0.0375. The third kappa shape index (κ3) is 2.83. The van der Waals surface area contributed by atoms with Crippen molar-refractivity contribution in [3.63, 3.8) is 0 Å². The molecule has 0 spiro atoms. The number of hydrogen-bond acceptors (Lipinski definition) is 5. The summed E-state index contributed by atoms with van der Waals surface area (Å²) in [4.78, 5) is 21.7. The summed E-state index contributed by atoms with van der Waals surface area (Å²) in [5, 5.41) is 31.8. The van der Waals surface area contributed by atoms with Crippen molar-refractivity contribution in [1.29, 1.82) is 0 Å². The number of phenolic OH excluding ortho intramolecular Hbond substituents is 2. The highest BCUT2D eigenvalue weighted by molar-refractivity contribution is 6.05. The minimum absolute atomic E-state index is 0.0453. The summed E-state index contributed by atoms with van der Waals surface area (Å²) in [5.74, 6) is -1.02. The summed E-state index contributed by atoms with van der Waals surface area (Å²) in [6.07, 6.45) is 0. The van der Waals surface area contributed by atoms with Crippen molar-refractivity contribution in [2.24, 2.45) is 0 Å². The van der Waals surface area contributed by atoms with Crippen LogP contribution in [-0.4, -0.2) is 21.0 Å². The molecule has 0 saturated carbocycles. The first-order valence-corrected chi connectivity index (χ1v) is 5.55. The van der Waals surface area contributed by atoms with Gasteiger partial charge in [0.2, 0.25) is 0 Å². The van der Waals surface area contributed by atoms with Gasteiger partial charge < -0.3 is 15.5 Å². The van der Waals surface area contributed by atoms with E-state index in [1.807, 2.05) is 0 Å². The van der Waals surface area contributed by atoms with Gasteiger partial charge in [-0.25, -0.2) is 0 Å². The maximum absolute atomic E-state index is 11.9. The molecule has 0 bridgehead atoms. The van der Waals surface area contributed by atoms with Gasteiger partial charge in [0.1, 0.15) is 11.5 Å². The molecule has 0 atom stereocenters. The lowest BCUT2D eigenvalue weighted by Crippen LogP contribution is -2.11. The molecule has 0 saturated heterocycles. The van der Waals surface area contributed by atoms with Gasteiger partial charge >= 0.3 is 0 Å². The monoisotopic (exact) mass is 274 g/mol. The van der Waals surface area contributed by atoms with Crippen molar-refractivity contribution >= 4 is 17.3 Å². The molecule has 0 heterocycles. The second-order valence-electron chi connectivity index (χ2n) is 3.96. The van der Waals surface area contributed by atoms with Gasteiger partial charge in [0, 0.05) is 11.6 Å². The van der Waals surface area contributed by atoms with Gasteiger partial charge in [0.25, 0.3) is 11.6 Å². The summed E-state index contributed by atoms with van der Waals surface area (Å²) in [7, 11) is 0. The van der Waals surface area contributed by atoms with Crippen molar-refractivity contribution in [2.75, 3.05) is 5.32 Å². The number of non-ortho nitro benzene ring substituents is 1. The fourth-order valence-corrected chi connectivity index (χ4v) is 1.58. The van der Waals surface area contributed by atoms with E-state index in [4.69, 9.17) is 0 Å². The number of hydrogen-bond donors (Lipinski definition) is 3. The molecule has 2 rings (SSSR count). The van der Waals surface area contributed by atoms with Crippen LogP contribution in [-0.2, 0) is 0 Å². The molecule has 2 aromatic carbocycles. The Kier molecular flexibility index (Phi) is 3.52. The predicted molar refractivity (Wildman–Crippen MR) is 70.8 cm³/mol. The quantitative estimate of drug-likeness (QED) is 0.451. The summed E-state index contributed by atoms with van der Waals surface area (Å²) < 4.78 is 0. The highest BCUT2D eigenvalue weighted by Crippen LogP contribution is 2.28. The number of anilines is 1. The lowest BCUT2D eigenvalue weighted by molar-refractivity contribution is -0.384. The standard InChI is InChI=1S/C13H10N2O5/c16-10-3-1-2-8(6-10)13(18)14-11-5-4-9(15(19)20)7-12(11)17/h1-7,16-17H,(H,14,18). The topological polar surface area (TPSA) is 113 Å². The van der Waals surface area contributed by atoms with Crippen LogP contribution < -0.4 is 5.32 Å². The molecule has 0 fully saturated rings. The van der Waals surface area contributed by atoms with Gasteiger partial charge in [0.05, 0.1) is 16.7 Å². The van der Waals surface area contributed by atoms with Crippen molar-refractivity contribution in [3.05, 3.63) is 58.1 Å². The Bertz CT molecular complexity index is 684. The molecule has 7 heteroatoms. The van der Waals surface area contributed by atoms with Crippen molar-refractivity contribution in [2.45, 2.75) is 0 Å². The molecular formula is C13H10N2O5. The Morgan fingerprint density at radius 2 is 1.90 bits per heavy atom. The van der Waals surface area contributed by atoms with Crippen molar-refractivity contribution in [3.8, 4) is 11.5 Å². The minimum Gasteiger partial charge on any atom is -0.508 e. The number of carbonyl (C=O) groups is 1. The molecule has 3 N–H and O–H groups in total. The second kappa shape index (κ2) is 5.27. The van der Waals surface area contributed by atoms with E-state index in [2.05, 4.69) is 5.32 Å². The van der Waals surface area contributed by atoms with Gasteiger partial charge in [0.15, 0.2) is 0 Å². The number of benzene rings is 2. The Labute approximate surface area is 113 Å². The third-order valence-electron chi connectivity index (χ3n) is 2.55. The fraction of sp³-hybridized carbons (Fsp3) is 0. The highest BCUT2D eigenvalue weighted by atomic mass is 16.6. The Hall–Kier alpha value is -3.09. The molecule has 0 radical (unpaired) electrons. The number of amides is 1. The van der Waals surface area contributed by atoms with Crippen LogP contribution in [0.25, 0.3) is 0 Å². The molecule has 20 heavy (non-hydrogen) atoms. The van der Waals surface area contributed by atoms with Gasteiger partial charge in [-0.1, -0.05) is 6.07 Å². The molecule has 0 aromatic heterocycles. The normalized spacial score (nSPS) is 10.0. The zero-order valence-electron chi connectivity index (χ0n) is 10.1. The molecule has 2 aromatic rings. The van der Waals surface area contributed by atoms with E-state index in [1.54, 1.807) is 0 Å². The largest absolute Gasteiger partial charge is 0.508 e. The number of phenols is 2. The van der Waals surface area contributed by atoms with E-state index in [9.17, 15) is 25.1 Å². The van der Waals surface area contributed by atoms with Crippen molar-refractivity contribution in [1.82, 2.24) is 0 Å². The maximum Gasteiger partial charge on any atom is 0.273 e. The third-order valence-corrected chi connectivity index (χ3v) is 2.55. The first kappa shape index (κ1) is 13.3. The Morgan fingerprint density at radius 1 is 1.15 bits per heavy atom. The van der Waals surface area contributed by atoms with E-state index in [0.717, 1.165) is 12.1 Å². The van der Waals surface area contributed by atoms with Crippen LogP contribution in [0.1, 0.15) is 10.4 Å². The Morgan fingerprint density at radius 3 is 2.50 bits per heavy atom. The molecular weight excluding hydrogens is 264 g/mol. The molecule has 0 unspecified atom stereocenters. The van der Waals surface area contributed by atoms with Crippen LogP contribution in [0.3, 0.4) is 0 Å². The zero-order chi connectivity index (χ0) is 14.7. The average Bonchev–Trinajstić information content (AvgIpc) is 2.40. The number of nitro groups is 1. The number of nitrogens with one attached hydrogen (secondary N) is 1. The number of rotatable bonds is 3. The lowest BCUT2D eigenvalue weighted by atomic mass is 10.2. The zero-order valence-corrected chi connectivity index (χ0v) is 10.1. The van der Waals surface area contributed by atoms with Crippen LogP contribution in [0, 0.1) is 10.1 Å². The Balaban J connectivity index is 2.22. The van der Waals surface area contributed by atoms with Crippen molar-refractivity contribution < 1.29 is 19.9 Å². The number of nitro benzene ring substituents is 1. The lowest BCUT2D eigenvalue weighted by Gasteiger charge is -2.07. The summed E-state index contributed by atoms with van der Waals surface area (Å²) in [6.45, 7) is 0. The first-order chi connectivity index (χ1) is 9.47. The maximum atomic E-state index is 11.9. The molecule has 0 aliphatic carbocycles. The smallest absolute Gasteiger partial charge is 0.273 e. The van der Waals surface area contributed by atoms with Gasteiger partial charge in [-0.05, 0) is 24.3 Å². The molecule has 0 aliphatic heterocycles. The van der Waals surface area contributed by atoms with Gasteiger partial charge in [-0.3, -0.25) is 14.9 Å². The summed E-state index contributed by atoms with van der Waals surface area (Å²) in [6, 6.07) is 9.00. The number of aromatic hydroxyl groups is 2. The van der Waals surface area contributed by atoms with Crippen LogP contribution in [0.5, 0.6) is 11.5 Å². The second-order valence-corrected chi connectivity index (χ2v) is 3.96. The van der Waals surface area contributed by atoms with E-state index < -0.39 is 16.6 Å². The van der Waals surface area contributed by atoms with Crippen LogP contribution in [0.2, 0.25) is 0 Å². The predicted octanol–water partition coefficient (Wildman–Crippen LogP) is 2.26. The van der Waals surface area contributed by atoms with E-state index in [1.165, 1.54) is 30.3 Å². The SMILES string of the molecule is O=C(Nc1ccc([N+](=O)[O-])cc1O)c1cccc(O)c1. The first-order valence-electron chi connectivity index (χ1n) is 5.55. The van der Waals surface area contributed by atoms with E-state index >= 15 is 0 Å².